The number of methoxy groups -OCH3 is 1. The van der Waals surface area contributed by atoms with Crippen molar-refractivity contribution in [3.05, 3.63) is 58.9 Å². The summed E-state index contributed by atoms with van der Waals surface area (Å²) in [6.45, 7) is 2.08. The van der Waals surface area contributed by atoms with Gasteiger partial charge in [-0.3, -0.25) is 0 Å². The largest absolute Gasteiger partial charge is 0.464 e. The number of H-pyrrole nitrogens is 1. The first-order valence-corrected chi connectivity index (χ1v) is 5.51. The Kier molecular flexibility index (Phi) is 3.28. The number of hydrogen-bond acceptors (Lipinski definition) is 2. The normalized spacial score (nSPS) is 10.2. The predicted molar refractivity (Wildman–Crippen MR) is 66.1 cm³/mol. The van der Waals surface area contributed by atoms with Crippen molar-refractivity contribution in [1.82, 2.24) is 4.98 Å². The number of aryl methyl sites for hydroxylation is 1. The van der Waals surface area contributed by atoms with Gasteiger partial charge < -0.3 is 9.72 Å². The highest BCUT2D eigenvalue weighted by molar-refractivity contribution is 5.87. The molecular formula is C14H15NO2. The summed E-state index contributed by atoms with van der Waals surface area (Å²) in [5, 5.41) is 0. The van der Waals surface area contributed by atoms with Gasteiger partial charge in [0.25, 0.3) is 0 Å². The number of nitrogens with one attached hydrogen (secondary N) is 1. The molecule has 1 N–H and O–H groups in total. The maximum Gasteiger partial charge on any atom is 0.354 e. The third kappa shape index (κ3) is 2.56. The van der Waals surface area contributed by atoms with Gasteiger partial charge in [0.1, 0.15) is 5.69 Å². The van der Waals surface area contributed by atoms with Gasteiger partial charge in [-0.05, 0) is 30.2 Å². The van der Waals surface area contributed by atoms with Crippen molar-refractivity contribution in [1.29, 1.82) is 0 Å². The molecule has 1 aromatic carbocycles. The van der Waals surface area contributed by atoms with Crippen molar-refractivity contribution >= 4 is 5.97 Å². The lowest BCUT2D eigenvalue weighted by atomic mass is 10.0. The highest BCUT2D eigenvalue weighted by Crippen LogP contribution is 2.13. The molecule has 17 heavy (non-hydrogen) atoms. The third-order valence-corrected chi connectivity index (χ3v) is 2.79. The molecule has 1 heterocycles. The molecule has 0 unspecified atom stereocenters. The van der Waals surface area contributed by atoms with Gasteiger partial charge >= 0.3 is 5.97 Å². The first-order valence-electron chi connectivity index (χ1n) is 5.51. The number of aromatic amines is 1. The van der Waals surface area contributed by atoms with Crippen molar-refractivity contribution in [2.45, 2.75) is 13.3 Å². The third-order valence-electron chi connectivity index (χ3n) is 2.79. The molecule has 0 atom stereocenters. The van der Waals surface area contributed by atoms with Crippen molar-refractivity contribution in [3.63, 3.8) is 0 Å². The van der Waals surface area contributed by atoms with E-state index < -0.39 is 0 Å². The fraction of sp³-hybridized carbons (Fsp3) is 0.214. The van der Waals surface area contributed by atoms with Crippen LogP contribution in [-0.2, 0) is 11.2 Å². The number of rotatable bonds is 3. The Morgan fingerprint density at radius 3 is 2.71 bits per heavy atom. The summed E-state index contributed by atoms with van der Waals surface area (Å²) in [4.78, 5) is 14.4. The van der Waals surface area contributed by atoms with Crippen LogP contribution in [0.5, 0.6) is 0 Å². The fourth-order valence-corrected chi connectivity index (χ4v) is 1.79. The molecule has 0 saturated carbocycles. The Morgan fingerprint density at radius 2 is 2.00 bits per heavy atom. The summed E-state index contributed by atoms with van der Waals surface area (Å²) in [6, 6.07) is 11.9. The summed E-state index contributed by atoms with van der Waals surface area (Å²) in [7, 11) is 1.38. The van der Waals surface area contributed by atoms with Crippen LogP contribution >= 0.6 is 0 Å². The summed E-state index contributed by atoms with van der Waals surface area (Å²) in [5.41, 5.74) is 4.02. The molecule has 0 saturated heterocycles. The van der Waals surface area contributed by atoms with Gasteiger partial charge in [0.05, 0.1) is 7.11 Å². The Hall–Kier alpha value is -2.03. The number of benzene rings is 1. The van der Waals surface area contributed by atoms with Crippen LogP contribution < -0.4 is 0 Å². The predicted octanol–water partition coefficient (Wildman–Crippen LogP) is 2.70. The summed E-state index contributed by atoms with van der Waals surface area (Å²) >= 11 is 0. The molecule has 0 aliphatic rings. The van der Waals surface area contributed by atoms with Gasteiger partial charge in [0, 0.05) is 12.1 Å². The first kappa shape index (κ1) is 11.5. The van der Waals surface area contributed by atoms with E-state index in [1.165, 1.54) is 18.2 Å². The number of hydrogen-bond donors (Lipinski definition) is 1. The number of carbonyl (C=O) groups excluding carboxylic acids is 1. The van der Waals surface area contributed by atoms with Crippen LogP contribution in [0.1, 0.15) is 27.3 Å². The summed E-state index contributed by atoms with van der Waals surface area (Å²) < 4.78 is 4.65. The van der Waals surface area contributed by atoms with Crippen molar-refractivity contribution in [3.8, 4) is 0 Å². The lowest BCUT2D eigenvalue weighted by Crippen LogP contribution is -2.01. The number of esters is 1. The standard InChI is InChI=1S/C14H15NO2/c1-10-5-3-4-6-11(10)9-12-7-8-13(15-12)14(16)17-2/h3-8,15H,9H2,1-2H3. The van der Waals surface area contributed by atoms with Crippen LogP contribution in [0, 0.1) is 6.92 Å². The van der Waals surface area contributed by atoms with E-state index in [0.29, 0.717) is 5.69 Å². The molecule has 0 spiro atoms. The summed E-state index contributed by atoms with van der Waals surface area (Å²) in [6.07, 6.45) is 0.795. The Bertz CT molecular complexity index is 529. The van der Waals surface area contributed by atoms with Crippen LogP contribution in [-0.4, -0.2) is 18.1 Å². The van der Waals surface area contributed by atoms with E-state index in [1.54, 1.807) is 6.07 Å². The van der Waals surface area contributed by atoms with Crippen LogP contribution in [0.3, 0.4) is 0 Å². The Balaban J connectivity index is 2.17. The second kappa shape index (κ2) is 4.87. The monoisotopic (exact) mass is 229 g/mol. The molecule has 0 aliphatic heterocycles. The molecule has 2 rings (SSSR count). The number of aromatic nitrogens is 1. The molecule has 0 amide bonds. The van der Waals surface area contributed by atoms with E-state index in [2.05, 4.69) is 28.8 Å². The van der Waals surface area contributed by atoms with Crippen molar-refractivity contribution in [2.24, 2.45) is 0 Å². The van der Waals surface area contributed by atoms with Crippen LogP contribution in [0.4, 0.5) is 0 Å². The van der Waals surface area contributed by atoms with Gasteiger partial charge in [-0.1, -0.05) is 24.3 Å². The molecule has 3 heteroatoms. The second-order valence-corrected chi connectivity index (χ2v) is 3.99. The lowest BCUT2D eigenvalue weighted by Gasteiger charge is -2.03. The second-order valence-electron chi connectivity index (χ2n) is 3.99. The van der Waals surface area contributed by atoms with Gasteiger partial charge in [0.2, 0.25) is 0 Å². The highest BCUT2D eigenvalue weighted by atomic mass is 16.5. The zero-order valence-corrected chi connectivity index (χ0v) is 9.99. The van der Waals surface area contributed by atoms with Crippen LogP contribution in [0.25, 0.3) is 0 Å². The quantitative estimate of drug-likeness (QED) is 0.822. The lowest BCUT2D eigenvalue weighted by molar-refractivity contribution is 0.0594. The van der Waals surface area contributed by atoms with E-state index in [4.69, 9.17) is 0 Å². The maximum absolute atomic E-state index is 11.3. The molecule has 2 aromatic rings. The van der Waals surface area contributed by atoms with Gasteiger partial charge in [-0.2, -0.15) is 0 Å². The molecular weight excluding hydrogens is 214 g/mol. The van der Waals surface area contributed by atoms with E-state index in [1.807, 2.05) is 18.2 Å². The number of ether oxygens (including phenoxy) is 1. The molecule has 0 radical (unpaired) electrons. The maximum atomic E-state index is 11.3. The van der Waals surface area contributed by atoms with Crippen molar-refractivity contribution in [2.75, 3.05) is 7.11 Å². The first-order chi connectivity index (χ1) is 8.20. The Morgan fingerprint density at radius 1 is 1.24 bits per heavy atom. The van der Waals surface area contributed by atoms with Gasteiger partial charge in [-0.15, -0.1) is 0 Å². The van der Waals surface area contributed by atoms with Crippen LogP contribution in [0.2, 0.25) is 0 Å². The minimum atomic E-state index is -0.332. The average Bonchev–Trinajstić information content (AvgIpc) is 2.80. The van der Waals surface area contributed by atoms with E-state index in [9.17, 15) is 4.79 Å². The zero-order valence-electron chi connectivity index (χ0n) is 9.99. The zero-order chi connectivity index (χ0) is 12.3. The van der Waals surface area contributed by atoms with E-state index in [0.717, 1.165) is 12.1 Å². The average molecular weight is 229 g/mol. The minimum Gasteiger partial charge on any atom is -0.464 e. The van der Waals surface area contributed by atoms with Crippen molar-refractivity contribution < 1.29 is 9.53 Å². The molecule has 3 nitrogen and oxygen atoms in total. The number of carbonyl (C=O) groups is 1. The van der Waals surface area contributed by atoms with Gasteiger partial charge in [0.15, 0.2) is 0 Å². The smallest absolute Gasteiger partial charge is 0.354 e. The van der Waals surface area contributed by atoms with E-state index >= 15 is 0 Å². The van der Waals surface area contributed by atoms with E-state index in [-0.39, 0.29) is 5.97 Å². The highest BCUT2D eigenvalue weighted by Gasteiger charge is 2.08. The fourth-order valence-electron chi connectivity index (χ4n) is 1.79. The molecule has 88 valence electrons. The molecule has 0 fully saturated rings. The van der Waals surface area contributed by atoms with Gasteiger partial charge in [-0.25, -0.2) is 4.79 Å². The Labute approximate surface area is 100 Å². The molecule has 1 aromatic heterocycles. The summed E-state index contributed by atoms with van der Waals surface area (Å²) in [5.74, 6) is -0.332. The minimum absolute atomic E-state index is 0.332. The molecule has 0 bridgehead atoms. The van der Waals surface area contributed by atoms with Crippen LogP contribution in [0.15, 0.2) is 36.4 Å². The topological polar surface area (TPSA) is 42.1 Å². The molecule has 0 aliphatic carbocycles. The SMILES string of the molecule is COC(=O)c1ccc(Cc2ccccc2C)[nH]1.